The van der Waals surface area contributed by atoms with Gasteiger partial charge in [0.05, 0.1) is 23.4 Å². The number of benzene rings is 1. The highest BCUT2D eigenvalue weighted by Gasteiger charge is 2.58. The highest BCUT2D eigenvalue weighted by atomic mass is 16.5. The molecule has 1 aliphatic heterocycles. The summed E-state index contributed by atoms with van der Waals surface area (Å²) in [5.41, 5.74) is 3.84. The van der Waals surface area contributed by atoms with Crippen LogP contribution in [0, 0.1) is 25.7 Å². The van der Waals surface area contributed by atoms with Crippen molar-refractivity contribution < 1.29 is 4.52 Å². The van der Waals surface area contributed by atoms with Gasteiger partial charge in [-0.1, -0.05) is 17.3 Å². The molecule has 1 saturated carbocycles. The molecule has 1 aromatic carbocycles. The third-order valence-corrected chi connectivity index (χ3v) is 6.57. The van der Waals surface area contributed by atoms with Gasteiger partial charge in [-0.05, 0) is 48.9 Å². The van der Waals surface area contributed by atoms with Gasteiger partial charge in [-0.15, -0.1) is 0 Å². The first-order chi connectivity index (χ1) is 15.1. The quantitative estimate of drug-likeness (QED) is 0.507. The molecule has 0 amide bonds. The Balaban J connectivity index is 1.18. The van der Waals surface area contributed by atoms with Crippen LogP contribution in [-0.2, 0) is 6.54 Å². The molecule has 3 atom stereocenters. The van der Waals surface area contributed by atoms with E-state index < -0.39 is 0 Å². The Bertz CT molecular complexity index is 1350. The summed E-state index contributed by atoms with van der Waals surface area (Å²) in [6.07, 6.45) is 4.79. The fourth-order valence-corrected chi connectivity index (χ4v) is 4.93. The van der Waals surface area contributed by atoms with Crippen LogP contribution in [0.4, 0.5) is 5.69 Å². The highest BCUT2D eigenvalue weighted by molar-refractivity contribution is 5.79. The van der Waals surface area contributed by atoms with Crippen LogP contribution in [0.5, 0.6) is 0 Å². The van der Waals surface area contributed by atoms with Crippen LogP contribution in [-0.4, -0.2) is 37.8 Å². The predicted octanol–water partition coefficient (Wildman–Crippen LogP) is 2.69. The van der Waals surface area contributed by atoms with Crippen molar-refractivity contribution >= 4 is 16.6 Å². The van der Waals surface area contributed by atoms with E-state index >= 15 is 0 Å². The number of piperidine rings is 1. The molecule has 0 N–H and O–H groups in total. The maximum absolute atomic E-state index is 12.9. The summed E-state index contributed by atoms with van der Waals surface area (Å²) in [5, 5.41) is 4.80. The summed E-state index contributed by atoms with van der Waals surface area (Å²) in [4.78, 5) is 28.4. The minimum absolute atomic E-state index is 0.123. The van der Waals surface area contributed by atoms with Crippen molar-refractivity contribution in [3.05, 3.63) is 76.2 Å². The Morgan fingerprint density at radius 1 is 1.16 bits per heavy atom. The summed E-state index contributed by atoms with van der Waals surface area (Å²) in [5.74, 6) is 2.66. The summed E-state index contributed by atoms with van der Waals surface area (Å²) in [6, 6.07) is 8.64. The van der Waals surface area contributed by atoms with Crippen molar-refractivity contribution in [1.82, 2.24) is 24.7 Å². The van der Waals surface area contributed by atoms with Crippen LogP contribution in [0.15, 0.2) is 52.3 Å². The summed E-state index contributed by atoms with van der Waals surface area (Å²) in [7, 11) is 0. The highest BCUT2D eigenvalue weighted by Crippen LogP contribution is 2.57. The van der Waals surface area contributed by atoms with Crippen LogP contribution in [0.2, 0.25) is 0 Å². The van der Waals surface area contributed by atoms with Crippen LogP contribution in [0.3, 0.4) is 0 Å². The molecule has 1 aliphatic carbocycles. The number of aryl methyl sites for hydroxylation is 2. The molecule has 8 nitrogen and oxygen atoms in total. The molecule has 1 unspecified atom stereocenters. The lowest BCUT2D eigenvalue weighted by Crippen LogP contribution is -2.23. The molecule has 156 valence electrons. The van der Waals surface area contributed by atoms with E-state index in [2.05, 4.69) is 56.2 Å². The number of nitrogens with zero attached hydrogens (tertiary/aromatic N) is 6. The molecule has 4 aromatic rings. The molecule has 0 spiro atoms. The molecular formula is C23H22N6O2. The summed E-state index contributed by atoms with van der Waals surface area (Å²) >= 11 is 0. The number of hydrogen-bond acceptors (Lipinski definition) is 7. The lowest BCUT2D eigenvalue weighted by molar-refractivity contribution is 0.363. The van der Waals surface area contributed by atoms with Gasteiger partial charge in [0.2, 0.25) is 5.89 Å². The monoisotopic (exact) mass is 414 g/mol. The van der Waals surface area contributed by atoms with Crippen molar-refractivity contribution in [3.8, 4) is 0 Å². The standard InChI is InChI=1S/C23H22N6O2/c1-13-4-3-5-15(6-13)28-9-16-17(10-28)21(16)22-26-19(31-27-22)11-29-12-25-18-8-24-7-14(2)20(18)23(29)30/h3-8,12,16-17,21H,9-11H2,1-2H3/t16-,17+,21?. The molecule has 0 radical (unpaired) electrons. The number of aromatic nitrogens is 5. The number of pyridine rings is 1. The first kappa shape index (κ1) is 18.2. The predicted molar refractivity (Wildman–Crippen MR) is 115 cm³/mol. The molecule has 6 rings (SSSR count). The smallest absolute Gasteiger partial charge is 0.262 e. The second-order valence-corrected chi connectivity index (χ2v) is 8.67. The molecule has 31 heavy (non-hydrogen) atoms. The zero-order valence-corrected chi connectivity index (χ0v) is 17.4. The fourth-order valence-electron chi connectivity index (χ4n) is 4.93. The maximum Gasteiger partial charge on any atom is 0.262 e. The van der Waals surface area contributed by atoms with Gasteiger partial charge in [0.15, 0.2) is 5.82 Å². The van der Waals surface area contributed by atoms with Crippen molar-refractivity contribution in [1.29, 1.82) is 0 Å². The van der Waals surface area contributed by atoms with Crippen LogP contribution < -0.4 is 10.5 Å². The zero-order chi connectivity index (χ0) is 21.1. The first-order valence-corrected chi connectivity index (χ1v) is 10.5. The minimum atomic E-state index is -0.123. The van der Waals surface area contributed by atoms with Gasteiger partial charge in [0, 0.05) is 30.9 Å². The Kier molecular flexibility index (Phi) is 3.96. The molecule has 3 aromatic heterocycles. The second-order valence-electron chi connectivity index (χ2n) is 8.67. The molecular weight excluding hydrogens is 392 g/mol. The Morgan fingerprint density at radius 3 is 2.81 bits per heavy atom. The van der Waals surface area contributed by atoms with E-state index in [1.54, 1.807) is 12.4 Å². The summed E-state index contributed by atoms with van der Waals surface area (Å²) < 4.78 is 7.00. The van der Waals surface area contributed by atoms with E-state index in [4.69, 9.17) is 4.52 Å². The largest absolute Gasteiger partial charge is 0.371 e. The second kappa shape index (κ2) is 6.73. The molecule has 2 fully saturated rings. The van der Waals surface area contributed by atoms with E-state index in [1.165, 1.54) is 22.1 Å². The molecule has 0 bridgehead atoms. The van der Waals surface area contributed by atoms with Crippen LogP contribution in [0.25, 0.3) is 10.9 Å². The lowest BCUT2D eigenvalue weighted by atomic mass is 10.2. The first-order valence-electron chi connectivity index (χ1n) is 10.5. The molecule has 4 heterocycles. The number of anilines is 1. The average Bonchev–Trinajstić information content (AvgIpc) is 3.09. The SMILES string of the molecule is Cc1cccc(N2C[C@@H]3C(c4noc(Cn5cnc6cncc(C)c6c5=O)n4)[C@@H]3C2)c1. The molecule has 1 saturated heterocycles. The van der Waals surface area contributed by atoms with E-state index in [0.717, 1.165) is 24.5 Å². The van der Waals surface area contributed by atoms with Gasteiger partial charge >= 0.3 is 0 Å². The van der Waals surface area contributed by atoms with Gasteiger partial charge in [0.1, 0.15) is 6.54 Å². The third kappa shape index (κ3) is 3.01. The molecule has 2 aliphatic rings. The third-order valence-electron chi connectivity index (χ3n) is 6.57. The minimum Gasteiger partial charge on any atom is -0.371 e. The maximum atomic E-state index is 12.9. The fraction of sp³-hybridized carbons (Fsp3) is 0.348. The van der Waals surface area contributed by atoms with Gasteiger partial charge in [0.25, 0.3) is 5.56 Å². The van der Waals surface area contributed by atoms with E-state index in [9.17, 15) is 4.79 Å². The van der Waals surface area contributed by atoms with Gasteiger partial charge in [-0.2, -0.15) is 4.98 Å². The molecule has 8 heteroatoms. The lowest BCUT2D eigenvalue weighted by Gasteiger charge is -2.21. The van der Waals surface area contributed by atoms with Gasteiger partial charge in [-0.3, -0.25) is 14.3 Å². The van der Waals surface area contributed by atoms with Gasteiger partial charge < -0.3 is 9.42 Å². The zero-order valence-electron chi connectivity index (χ0n) is 17.4. The van der Waals surface area contributed by atoms with Crippen molar-refractivity contribution in [2.24, 2.45) is 11.8 Å². The Morgan fingerprint density at radius 2 is 2.00 bits per heavy atom. The van der Waals surface area contributed by atoms with Crippen molar-refractivity contribution in [2.45, 2.75) is 26.3 Å². The number of hydrogen-bond donors (Lipinski definition) is 0. The Labute approximate surface area is 178 Å². The van der Waals surface area contributed by atoms with Gasteiger partial charge in [-0.25, -0.2) is 4.98 Å². The Hall–Kier alpha value is -3.55. The van der Waals surface area contributed by atoms with E-state index in [1.807, 2.05) is 6.92 Å². The van der Waals surface area contributed by atoms with E-state index in [0.29, 0.717) is 34.5 Å². The topological polar surface area (TPSA) is 89.9 Å². The van der Waals surface area contributed by atoms with Crippen molar-refractivity contribution in [2.75, 3.05) is 18.0 Å². The number of rotatable bonds is 4. The average molecular weight is 414 g/mol. The van der Waals surface area contributed by atoms with Crippen LogP contribution >= 0.6 is 0 Å². The van der Waals surface area contributed by atoms with Crippen molar-refractivity contribution in [3.63, 3.8) is 0 Å². The summed E-state index contributed by atoms with van der Waals surface area (Å²) in [6.45, 7) is 6.24. The normalized spacial score (nSPS) is 22.1. The van der Waals surface area contributed by atoms with Crippen LogP contribution in [0.1, 0.15) is 28.8 Å². The van der Waals surface area contributed by atoms with E-state index in [-0.39, 0.29) is 12.1 Å². The number of fused-ring (bicyclic) bond motifs is 2.